The SMILES string of the molecule is CCCC(=O)N1C=CC(c2ccc(NC(=O)C3NCc4ccccc43)cc2)CC1. The van der Waals surface area contributed by atoms with Crippen molar-refractivity contribution in [1.29, 1.82) is 0 Å². The van der Waals surface area contributed by atoms with Gasteiger partial charge < -0.3 is 10.2 Å². The Bertz CT molecular complexity index is 920. The van der Waals surface area contributed by atoms with E-state index in [0.29, 0.717) is 12.3 Å². The van der Waals surface area contributed by atoms with Crippen molar-refractivity contribution in [3.63, 3.8) is 0 Å². The van der Waals surface area contributed by atoms with Gasteiger partial charge in [0, 0.05) is 37.3 Å². The molecule has 0 spiro atoms. The molecule has 0 radical (unpaired) electrons. The van der Waals surface area contributed by atoms with E-state index in [1.165, 1.54) is 11.1 Å². The summed E-state index contributed by atoms with van der Waals surface area (Å²) in [7, 11) is 0. The molecule has 4 rings (SSSR count). The van der Waals surface area contributed by atoms with Crippen LogP contribution in [0.5, 0.6) is 0 Å². The second kappa shape index (κ2) is 8.62. The van der Waals surface area contributed by atoms with E-state index in [-0.39, 0.29) is 17.9 Å². The third-order valence-electron chi connectivity index (χ3n) is 5.69. The minimum atomic E-state index is -0.307. The molecule has 2 N–H and O–H groups in total. The first kappa shape index (κ1) is 19.4. The number of benzene rings is 2. The Morgan fingerprint density at radius 2 is 1.93 bits per heavy atom. The summed E-state index contributed by atoms with van der Waals surface area (Å²) in [6, 6.07) is 15.7. The lowest BCUT2D eigenvalue weighted by Gasteiger charge is -2.26. The van der Waals surface area contributed by atoms with E-state index < -0.39 is 0 Å². The van der Waals surface area contributed by atoms with Crippen molar-refractivity contribution in [1.82, 2.24) is 10.2 Å². The van der Waals surface area contributed by atoms with Crippen molar-refractivity contribution in [2.24, 2.45) is 0 Å². The molecule has 0 saturated heterocycles. The number of amides is 2. The van der Waals surface area contributed by atoms with Gasteiger partial charge in [0.25, 0.3) is 0 Å². The largest absolute Gasteiger partial charge is 0.324 e. The standard InChI is InChI=1S/C24H27N3O2/c1-2-5-22(28)27-14-12-18(13-15-27)17-8-10-20(11-9-17)26-24(29)23-21-7-4-3-6-19(21)16-25-23/h3-4,6-12,14,18,23,25H,2,5,13,15-16H2,1H3,(H,26,29). The molecule has 2 heterocycles. The number of fused-ring (bicyclic) bond motifs is 1. The van der Waals surface area contributed by atoms with Crippen LogP contribution in [0, 0.1) is 0 Å². The topological polar surface area (TPSA) is 61.4 Å². The van der Waals surface area contributed by atoms with Gasteiger partial charge in [-0.15, -0.1) is 0 Å². The lowest BCUT2D eigenvalue weighted by atomic mass is 9.93. The fraction of sp³-hybridized carbons (Fsp3) is 0.333. The summed E-state index contributed by atoms with van der Waals surface area (Å²) >= 11 is 0. The molecule has 150 valence electrons. The van der Waals surface area contributed by atoms with Crippen molar-refractivity contribution in [2.45, 2.75) is 44.7 Å². The van der Waals surface area contributed by atoms with Crippen molar-refractivity contribution in [2.75, 3.05) is 11.9 Å². The Kier molecular flexibility index (Phi) is 5.76. The van der Waals surface area contributed by atoms with Gasteiger partial charge in [0.2, 0.25) is 11.8 Å². The molecule has 0 saturated carbocycles. The molecule has 2 aliphatic rings. The second-order valence-corrected chi connectivity index (χ2v) is 7.70. The molecule has 29 heavy (non-hydrogen) atoms. The third-order valence-corrected chi connectivity index (χ3v) is 5.69. The molecule has 2 aromatic rings. The van der Waals surface area contributed by atoms with Crippen LogP contribution in [-0.4, -0.2) is 23.3 Å². The Morgan fingerprint density at radius 3 is 2.66 bits per heavy atom. The Balaban J connectivity index is 1.37. The van der Waals surface area contributed by atoms with E-state index >= 15 is 0 Å². The fourth-order valence-corrected chi connectivity index (χ4v) is 4.06. The number of hydrogen-bond donors (Lipinski definition) is 2. The normalized spacial score (nSPS) is 20.4. The number of hydrogen-bond acceptors (Lipinski definition) is 3. The monoisotopic (exact) mass is 389 g/mol. The van der Waals surface area contributed by atoms with Crippen LogP contribution < -0.4 is 10.6 Å². The average molecular weight is 389 g/mol. The summed E-state index contributed by atoms with van der Waals surface area (Å²) in [5.41, 5.74) is 4.23. The van der Waals surface area contributed by atoms with Gasteiger partial charge >= 0.3 is 0 Å². The summed E-state index contributed by atoms with van der Waals surface area (Å²) in [4.78, 5) is 26.5. The van der Waals surface area contributed by atoms with E-state index in [2.05, 4.69) is 34.9 Å². The Morgan fingerprint density at radius 1 is 1.14 bits per heavy atom. The van der Waals surface area contributed by atoms with Gasteiger partial charge in [-0.3, -0.25) is 14.9 Å². The summed E-state index contributed by atoms with van der Waals surface area (Å²) in [5.74, 6) is 0.460. The minimum absolute atomic E-state index is 0.0367. The molecular weight excluding hydrogens is 362 g/mol. The van der Waals surface area contributed by atoms with Crippen LogP contribution in [0.15, 0.2) is 60.8 Å². The van der Waals surface area contributed by atoms with Gasteiger partial charge in [-0.25, -0.2) is 0 Å². The number of nitrogens with zero attached hydrogens (tertiary/aromatic N) is 1. The van der Waals surface area contributed by atoms with Gasteiger partial charge in [-0.2, -0.15) is 0 Å². The maximum Gasteiger partial charge on any atom is 0.246 e. The Labute approximate surface area is 171 Å². The molecule has 2 aliphatic heterocycles. The zero-order valence-corrected chi connectivity index (χ0v) is 16.7. The first-order valence-electron chi connectivity index (χ1n) is 10.4. The summed E-state index contributed by atoms with van der Waals surface area (Å²) < 4.78 is 0. The molecule has 2 amide bonds. The average Bonchev–Trinajstić information content (AvgIpc) is 3.19. The lowest BCUT2D eigenvalue weighted by molar-refractivity contribution is -0.129. The van der Waals surface area contributed by atoms with Crippen molar-refractivity contribution in [3.05, 3.63) is 77.5 Å². The first-order valence-corrected chi connectivity index (χ1v) is 10.4. The van der Waals surface area contributed by atoms with Crippen LogP contribution >= 0.6 is 0 Å². The van der Waals surface area contributed by atoms with Crippen LogP contribution in [0.4, 0.5) is 5.69 Å². The molecular formula is C24H27N3O2. The zero-order chi connectivity index (χ0) is 20.2. The second-order valence-electron chi connectivity index (χ2n) is 7.70. The van der Waals surface area contributed by atoms with Gasteiger partial charge in [-0.1, -0.05) is 49.4 Å². The van der Waals surface area contributed by atoms with E-state index in [1.54, 1.807) is 0 Å². The Hall–Kier alpha value is -2.92. The summed E-state index contributed by atoms with van der Waals surface area (Å²) in [6.45, 7) is 3.50. The number of rotatable bonds is 5. The van der Waals surface area contributed by atoms with Crippen LogP contribution in [0.1, 0.15) is 54.8 Å². The molecule has 5 nitrogen and oxygen atoms in total. The predicted octanol–water partition coefficient (Wildman–Crippen LogP) is 4.10. The molecule has 0 aliphatic carbocycles. The highest BCUT2D eigenvalue weighted by atomic mass is 16.2. The quantitative estimate of drug-likeness (QED) is 0.809. The highest BCUT2D eigenvalue weighted by molar-refractivity contribution is 5.96. The number of carbonyl (C=O) groups is 2. The maximum atomic E-state index is 12.7. The van der Waals surface area contributed by atoms with Crippen LogP contribution in [0.2, 0.25) is 0 Å². The van der Waals surface area contributed by atoms with Crippen LogP contribution in [0.3, 0.4) is 0 Å². The zero-order valence-electron chi connectivity index (χ0n) is 16.7. The van der Waals surface area contributed by atoms with Gasteiger partial charge in [0.05, 0.1) is 0 Å². The molecule has 2 atom stereocenters. The summed E-state index contributed by atoms with van der Waals surface area (Å²) in [6.07, 6.45) is 6.42. The molecule has 0 bridgehead atoms. The molecule has 5 heteroatoms. The van der Waals surface area contributed by atoms with E-state index in [0.717, 1.165) is 37.2 Å². The third kappa shape index (κ3) is 4.25. The smallest absolute Gasteiger partial charge is 0.246 e. The molecule has 0 fully saturated rings. The van der Waals surface area contributed by atoms with Crippen molar-refractivity contribution in [3.8, 4) is 0 Å². The number of anilines is 1. The van der Waals surface area contributed by atoms with E-state index in [9.17, 15) is 9.59 Å². The lowest BCUT2D eigenvalue weighted by Crippen LogP contribution is -2.30. The molecule has 2 unspecified atom stereocenters. The minimum Gasteiger partial charge on any atom is -0.324 e. The van der Waals surface area contributed by atoms with Crippen molar-refractivity contribution >= 4 is 17.5 Å². The van der Waals surface area contributed by atoms with Crippen LogP contribution in [0.25, 0.3) is 0 Å². The molecule has 2 aromatic carbocycles. The summed E-state index contributed by atoms with van der Waals surface area (Å²) in [5, 5.41) is 6.29. The number of nitrogens with one attached hydrogen (secondary N) is 2. The molecule has 0 aromatic heterocycles. The maximum absolute atomic E-state index is 12.7. The van der Waals surface area contributed by atoms with E-state index in [1.807, 2.05) is 48.4 Å². The van der Waals surface area contributed by atoms with Gasteiger partial charge in [-0.05, 0) is 41.7 Å². The van der Waals surface area contributed by atoms with Gasteiger partial charge in [0.15, 0.2) is 0 Å². The van der Waals surface area contributed by atoms with Gasteiger partial charge in [0.1, 0.15) is 6.04 Å². The van der Waals surface area contributed by atoms with E-state index in [4.69, 9.17) is 0 Å². The number of carbonyl (C=O) groups excluding carboxylic acids is 2. The highest BCUT2D eigenvalue weighted by Gasteiger charge is 2.27. The first-order chi connectivity index (χ1) is 14.2. The fourth-order valence-electron chi connectivity index (χ4n) is 4.06. The van der Waals surface area contributed by atoms with Crippen LogP contribution in [-0.2, 0) is 16.1 Å². The van der Waals surface area contributed by atoms with Crippen molar-refractivity contribution < 1.29 is 9.59 Å². The number of allylic oxidation sites excluding steroid dienone is 1. The highest BCUT2D eigenvalue weighted by Crippen LogP contribution is 2.28. The predicted molar refractivity (Wildman–Crippen MR) is 114 cm³/mol.